The van der Waals surface area contributed by atoms with Gasteiger partial charge in [-0.3, -0.25) is 0 Å². The van der Waals surface area contributed by atoms with E-state index in [1.54, 1.807) is 33.4 Å². The van der Waals surface area contributed by atoms with Crippen LogP contribution >= 0.6 is 0 Å². The highest BCUT2D eigenvalue weighted by Gasteiger charge is 2.47. The second kappa shape index (κ2) is 38.4. The van der Waals surface area contributed by atoms with Crippen molar-refractivity contribution in [2.45, 2.75) is 138 Å². The number of fused-ring (bicyclic) bond motifs is 3. The lowest BCUT2D eigenvalue weighted by Gasteiger charge is -2.46. The van der Waals surface area contributed by atoms with Gasteiger partial charge in [-0.05, 0) is 328 Å². The number of anilines is 9. The number of para-hydroxylation sites is 2. The van der Waals surface area contributed by atoms with Crippen LogP contribution in [-0.4, -0.2) is 21.1 Å². The Morgan fingerprint density at radius 1 is 0.191 bits per heavy atom. The number of aryl methyl sites for hydroxylation is 3. The van der Waals surface area contributed by atoms with Crippen LogP contribution in [0.3, 0.4) is 0 Å². The summed E-state index contributed by atoms with van der Waals surface area (Å²) in [5.41, 5.74) is 49.6. The van der Waals surface area contributed by atoms with E-state index in [4.69, 9.17) is 0 Å². The third-order valence-electron chi connectivity index (χ3n) is 31.4. The van der Waals surface area contributed by atoms with E-state index in [2.05, 4.69) is 518 Å². The van der Waals surface area contributed by atoms with Gasteiger partial charge in [0.2, 0.25) is 0 Å². The van der Waals surface area contributed by atoms with Gasteiger partial charge in [-0.25, -0.2) is 0 Å². The zero-order valence-corrected chi connectivity index (χ0v) is 81.9. The summed E-state index contributed by atoms with van der Waals surface area (Å²) in [5.74, 6) is 6.76. The molecule has 0 aliphatic heterocycles. The molecule has 0 saturated heterocycles. The molecule has 0 saturated carbocycles. The Morgan fingerprint density at radius 2 is 0.375 bits per heavy atom. The molecule has 16 aromatic rings. The molecule has 0 amide bonds. The number of hydrogen-bond donors (Lipinski definition) is 0. The van der Waals surface area contributed by atoms with Gasteiger partial charge in [0, 0.05) is 108 Å². The number of benzene rings is 16. The van der Waals surface area contributed by atoms with Crippen molar-refractivity contribution >= 4 is 51.2 Å². The number of nitrogens with zero attached hydrogens (tertiary/aromatic N) is 4. The first-order valence-electron chi connectivity index (χ1n) is 49.7. The van der Waals surface area contributed by atoms with Crippen LogP contribution in [0.5, 0.6) is 0 Å². The molecule has 6 bridgehead atoms. The standard InChI is InChI=1S/C54H50N2.C42H41N.C36H37N/c1-36(2)50-35-51-38(4)34-52(50)54-49(41-22-26-44(27-23-41)55(5)43-12-8-6-9-13-43)33-32-48(53(51)54)42-24-30-47(31-25-42)56(45-14-10-7-11-15-45)46-28-20-40(21-29-46)39-18-16-37(3)17-19-39;1-27(2)38-26-39-29(4)25-40(38)42-36(32-9-7-6-8-10-32)23-24-37(41(39)42)33-17-21-35(22-18-33)43(5)34-19-15-31(16-20-34)30-13-11-28(3)12-14-30;1-23(2)32-22-33-25(4)21-34(32)36-30(26-9-7-6-8-10-26)19-20-31(35(33)36)27-13-17-29(18-14-27)37(5)28-15-11-24(3)12-16-28/h6-34,36,50-52H,35H2,1-5H3;6-25,27,38-40H,26H2,1-5H3;6-21,23,32-34H,22H2,1-5H3. The van der Waals surface area contributed by atoms with Crippen LogP contribution in [0.15, 0.2) is 411 Å². The second-order valence-corrected chi connectivity index (χ2v) is 40.6. The molecule has 136 heavy (non-hydrogen) atoms. The van der Waals surface area contributed by atoms with Gasteiger partial charge in [0.25, 0.3) is 0 Å². The minimum absolute atomic E-state index is 0.410. The van der Waals surface area contributed by atoms with E-state index < -0.39 is 0 Å². The molecule has 0 heterocycles. The monoisotopic (exact) mass is 1770 g/mol. The quantitative estimate of drug-likeness (QED) is 0.0705. The highest BCUT2D eigenvalue weighted by Crippen LogP contribution is 2.63. The summed E-state index contributed by atoms with van der Waals surface area (Å²) in [5, 5.41) is 0. The number of rotatable bonds is 20. The molecular weight excluding hydrogens is 1640 g/mol. The lowest BCUT2D eigenvalue weighted by atomic mass is 9.58. The predicted molar refractivity (Wildman–Crippen MR) is 582 cm³/mol. The molecule has 16 aromatic carbocycles. The molecule has 9 aliphatic carbocycles. The van der Waals surface area contributed by atoms with Gasteiger partial charge in [0.1, 0.15) is 0 Å². The maximum Gasteiger partial charge on any atom is 0.0462 e. The van der Waals surface area contributed by atoms with Gasteiger partial charge in [0.15, 0.2) is 0 Å². The molecule has 0 fully saturated rings. The highest BCUT2D eigenvalue weighted by molar-refractivity contribution is 5.88. The van der Waals surface area contributed by atoms with Crippen molar-refractivity contribution in [1.82, 2.24) is 0 Å². The smallest absolute Gasteiger partial charge is 0.0462 e. The molecule has 9 atom stereocenters. The molecule has 4 heteroatoms. The van der Waals surface area contributed by atoms with Gasteiger partial charge in [0.05, 0.1) is 0 Å². The fourth-order valence-electron chi connectivity index (χ4n) is 23.7. The van der Waals surface area contributed by atoms with Gasteiger partial charge in [-0.2, -0.15) is 0 Å². The zero-order chi connectivity index (χ0) is 93.7. The Hall–Kier alpha value is -14.1. The van der Waals surface area contributed by atoms with Gasteiger partial charge in [-0.1, -0.05) is 360 Å². The normalized spacial score (nSPS) is 18.4. The largest absolute Gasteiger partial charge is 0.345 e. The summed E-state index contributed by atoms with van der Waals surface area (Å²) in [6.45, 7) is 27.9. The summed E-state index contributed by atoms with van der Waals surface area (Å²) in [6.07, 6.45) is 11.5. The first kappa shape index (κ1) is 89.8. The Labute approximate surface area is 809 Å². The molecule has 9 unspecified atom stereocenters. The fraction of sp³-hybridized carbons (Fsp3) is 0.227. The summed E-state index contributed by atoms with van der Waals surface area (Å²) >= 11 is 0. The molecular formula is C132H128N4. The molecule has 4 nitrogen and oxygen atoms in total. The predicted octanol–water partition coefficient (Wildman–Crippen LogP) is 36.5. The average Bonchev–Trinajstić information content (AvgIpc) is 0.722. The van der Waals surface area contributed by atoms with Gasteiger partial charge in [-0.15, -0.1) is 0 Å². The number of hydrogen-bond acceptors (Lipinski definition) is 4. The summed E-state index contributed by atoms with van der Waals surface area (Å²) < 4.78 is 0. The van der Waals surface area contributed by atoms with Crippen LogP contribution in [0.4, 0.5) is 51.2 Å². The Bertz CT molecular complexity index is 7030. The lowest BCUT2D eigenvalue weighted by molar-refractivity contribution is 0.281. The lowest BCUT2D eigenvalue weighted by Crippen LogP contribution is -2.32. The summed E-state index contributed by atoms with van der Waals surface area (Å²) in [4.78, 5) is 9.16. The second-order valence-electron chi connectivity index (χ2n) is 40.6. The van der Waals surface area contributed by atoms with Crippen molar-refractivity contribution in [2.24, 2.45) is 35.5 Å². The molecule has 9 aliphatic rings. The van der Waals surface area contributed by atoms with E-state index in [1.165, 1.54) is 176 Å². The molecule has 0 aromatic heterocycles. The third-order valence-corrected chi connectivity index (χ3v) is 31.4. The van der Waals surface area contributed by atoms with Gasteiger partial charge < -0.3 is 19.6 Å². The number of allylic oxidation sites excluding steroid dienone is 6. The molecule has 0 spiro atoms. The first-order chi connectivity index (χ1) is 66.1. The van der Waals surface area contributed by atoms with Crippen LogP contribution in [-0.2, 0) is 0 Å². The van der Waals surface area contributed by atoms with E-state index in [0.29, 0.717) is 71.0 Å². The topological polar surface area (TPSA) is 13.0 Å². The average molecular weight is 1770 g/mol. The maximum absolute atomic E-state index is 2.61. The van der Waals surface area contributed by atoms with Crippen molar-refractivity contribution in [1.29, 1.82) is 0 Å². The van der Waals surface area contributed by atoms with Crippen molar-refractivity contribution < 1.29 is 0 Å². The minimum atomic E-state index is 0.410. The van der Waals surface area contributed by atoms with Crippen molar-refractivity contribution in [2.75, 3.05) is 40.7 Å². The van der Waals surface area contributed by atoms with Crippen LogP contribution in [0.1, 0.15) is 167 Å². The van der Waals surface area contributed by atoms with Crippen LogP contribution in [0, 0.1) is 56.3 Å². The zero-order valence-electron chi connectivity index (χ0n) is 81.9. The first-order valence-corrected chi connectivity index (χ1v) is 49.7. The fourth-order valence-corrected chi connectivity index (χ4v) is 23.7. The highest BCUT2D eigenvalue weighted by atomic mass is 15.1. The SMILES string of the molecule is CC1=CC2c3c(-c4ccc(N(C)c5ccccc5)cc4)ccc(-c4ccc(N(c5ccccc5)c5ccc(-c6ccc(C)cc6)cc5)cc4)c3C1CC2C(C)C.CC1=CC2c3c(-c4ccccc4)ccc(-c4ccc(N(C)c5ccc(-c6ccc(C)cc6)cc5)cc4)c3C1CC2C(C)C.CC1=CC2c3c(-c4ccccc4)ccc(-c4ccc(N(C)c5ccc(C)cc5)cc4)c3C1CC2C(C)C. The van der Waals surface area contributed by atoms with Crippen molar-refractivity contribution in [3.63, 3.8) is 0 Å². The third kappa shape index (κ3) is 17.5. The maximum atomic E-state index is 2.61. The summed E-state index contributed by atoms with van der Waals surface area (Å²) in [6, 6.07) is 139. The minimum Gasteiger partial charge on any atom is -0.345 e. The van der Waals surface area contributed by atoms with Crippen molar-refractivity contribution in [3.05, 3.63) is 461 Å². The van der Waals surface area contributed by atoms with E-state index >= 15 is 0 Å². The molecule has 25 rings (SSSR count). The van der Waals surface area contributed by atoms with Crippen LogP contribution < -0.4 is 19.6 Å². The Morgan fingerprint density at radius 3 is 0.632 bits per heavy atom. The molecule has 0 N–H and O–H groups in total. The van der Waals surface area contributed by atoms with Crippen LogP contribution in [0.25, 0.3) is 89.0 Å². The van der Waals surface area contributed by atoms with E-state index in [0.717, 1.165) is 17.1 Å². The van der Waals surface area contributed by atoms with E-state index in [1.807, 2.05) is 0 Å². The molecule has 0 radical (unpaired) electrons. The molecule has 676 valence electrons. The van der Waals surface area contributed by atoms with Crippen molar-refractivity contribution in [3.8, 4) is 89.0 Å². The summed E-state index contributed by atoms with van der Waals surface area (Å²) in [7, 11) is 6.45. The van der Waals surface area contributed by atoms with E-state index in [-0.39, 0.29) is 0 Å². The Balaban J connectivity index is 0.000000129. The van der Waals surface area contributed by atoms with E-state index in [9.17, 15) is 0 Å². The van der Waals surface area contributed by atoms with Crippen LogP contribution in [0.2, 0.25) is 0 Å². The van der Waals surface area contributed by atoms with Gasteiger partial charge >= 0.3 is 0 Å². The Kier molecular flexibility index (Phi) is 25.3.